The van der Waals surface area contributed by atoms with Crippen LogP contribution in [-0.2, 0) is 0 Å². The molecule has 0 spiro atoms. The van der Waals surface area contributed by atoms with Crippen LogP contribution in [0.25, 0.3) is 0 Å². The SMILES string of the molecule is CC(C)CC(CC#N)C(F)(F)F. The van der Waals surface area contributed by atoms with Crippen molar-refractivity contribution in [2.24, 2.45) is 11.8 Å². The van der Waals surface area contributed by atoms with Crippen molar-refractivity contribution in [3.8, 4) is 6.07 Å². The molecule has 0 rings (SSSR count). The molecule has 1 unspecified atom stereocenters. The highest BCUT2D eigenvalue weighted by Gasteiger charge is 2.39. The number of halogens is 3. The molecule has 4 heteroatoms. The number of rotatable bonds is 3. The van der Waals surface area contributed by atoms with Crippen molar-refractivity contribution < 1.29 is 13.2 Å². The average Bonchev–Trinajstić information content (AvgIpc) is 1.83. The van der Waals surface area contributed by atoms with Gasteiger partial charge in [-0.25, -0.2) is 0 Å². The molecular weight excluding hydrogens is 167 g/mol. The standard InChI is InChI=1S/C8H12F3N/c1-6(2)5-7(3-4-12)8(9,10)11/h6-7H,3,5H2,1-2H3. The number of hydrogen-bond donors (Lipinski definition) is 0. The Morgan fingerprint density at radius 1 is 1.33 bits per heavy atom. The molecule has 0 aliphatic carbocycles. The highest BCUT2D eigenvalue weighted by molar-refractivity contribution is 4.80. The normalized spacial score (nSPS) is 14.4. The predicted molar refractivity (Wildman–Crippen MR) is 39.2 cm³/mol. The molecule has 0 aromatic carbocycles. The summed E-state index contributed by atoms with van der Waals surface area (Å²) < 4.78 is 36.3. The molecule has 0 saturated carbocycles. The van der Waals surface area contributed by atoms with Crippen LogP contribution >= 0.6 is 0 Å². The van der Waals surface area contributed by atoms with Crippen LogP contribution in [0.2, 0.25) is 0 Å². The lowest BCUT2D eigenvalue weighted by Gasteiger charge is -2.18. The molecule has 12 heavy (non-hydrogen) atoms. The van der Waals surface area contributed by atoms with E-state index in [-0.39, 0.29) is 12.3 Å². The molecule has 0 saturated heterocycles. The summed E-state index contributed by atoms with van der Waals surface area (Å²) in [5, 5.41) is 8.16. The second-order valence-corrected chi connectivity index (χ2v) is 3.23. The van der Waals surface area contributed by atoms with Crippen LogP contribution in [0.3, 0.4) is 0 Å². The molecule has 0 bridgehead atoms. The molecule has 0 fully saturated rings. The lowest BCUT2D eigenvalue weighted by Crippen LogP contribution is -2.23. The summed E-state index contributed by atoms with van der Waals surface area (Å²) >= 11 is 0. The van der Waals surface area contributed by atoms with E-state index < -0.39 is 18.5 Å². The summed E-state index contributed by atoms with van der Waals surface area (Å²) in [5.41, 5.74) is 0. The minimum atomic E-state index is -4.22. The van der Waals surface area contributed by atoms with Crippen LogP contribution in [0.15, 0.2) is 0 Å². The van der Waals surface area contributed by atoms with Gasteiger partial charge in [0.25, 0.3) is 0 Å². The van der Waals surface area contributed by atoms with Gasteiger partial charge in [0, 0.05) is 6.42 Å². The van der Waals surface area contributed by atoms with Gasteiger partial charge in [-0.3, -0.25) is 0 Å². The van der Waals surface area contributed by atoms with E-state index >= 15 is 0 Å². The predicted octanol–water partition coefficient (Wildman–Crippen LogP) is 3.12. The molecule has 0 N–H and O–H groups in total. The van der Waals surface area contributed by atoms with Crippen molar-refractivity contribution in [1.29, 1.82) is 5.26 Å². The van der Waals surface area contributed by atoms with Crippen molar-refractivity contribution in [3.63, 3.8) is 0 Å². The van der Waals surface area contributed by atoms with E-state index in [4.69, 9.17) is 5.26 Å². The van der Waals surface area contributed by atoms with Gasteiger partial charge in [-0.05, 0) is 12.3 Å². The quantitative estimate of drug-likeness (QED) is 0.652. The molecule has 0 aliphatic rings. The van der Waals surface area contributed by atoms with Gasteiger partial charge in [-0.1, -0.05) is 13.8 Å². The van der Waals surface area contributed by atoms with Gasteiger partial charge in [0.2, 0.25) is 0 Å². The van der Waals surface area contributed by atoms with E-state index in [1.165, 1.54) is 0 Å². The van der Waals surface area contributed by atoms with Crippen molar-refractivity contribution in [3.05, 3.63) is 0 Å². The lowest BCUT2D eigenvalue weighted by atomic mass is 9.94. The topological polar surface area (TPSA) is 23.8 Å². The fourth-order valence-corrected chi connectivity index (χ4v) is 1.01. The Labute approximate surface area is 70.2 Å². The number of hydrogen-bond acceptors (Lipinski definition) is 1. The Morgan fingerprint density at radius 2 is 1.83 bits per heavy atom. The van der Waals surface area contributed by atoms with Gasteiger partial charge >= 0.3 is 6.18 Å². The monoisotopic (exact) mass is 179 g/mol. The van der Waals surface area contributed by atoms with E-state index in [9.17, 15) is 13.2 Å². The Bertz CT molecular complexity index is 166. The van der Waals surface area contributed by atoms with Crippen molar-refractivity contribution >= 4 is 0 Å². The maximum absolute atomic E-state index is 12.1. The van der Waals surface area contributed by atoms with Crippen molar-refractivity contribution in [2.45, 2.75) is 32.9 Å². The van der Waals surface area contributed by atoms with E-state index in [2.05, 4.69) is 0 Å². The molecule has 70 valence electrons. The lowest BCUT2D eigenvalue weighted by molar-refractivity contribution is -0.177. The Kier molecular flexibility index (Phi) is 4.08. The fraction of sp³-hybridized carbons (Fsp3) is 0.875. The molecule has 0 radical (unpaired) electrons. The summed E-state index contributed by atoms with van der Waals surface area (Å²) in [6.45, 7) is 3.44. The first kappa shape index (κ1) is 11.3. The molecule has 0 aromatic rings. The van der Waals surface area contributed by atoms with Crippen molar-refractivity contribution in [1.82, 2.24) is 0 Å². The van der Waals surface area contributed by atoms with E-state index in [1.807, 2.05) is 0 Å². The van der Waals surface area contributed by atoms with Gasteiger partial charge in [0.1, 0.15) is 0 Å². The molecule has 0 amide bonds. The summed E-state index contributed by atoms with van der Waals surface area (Å²) in [7, 11) is 0. The third kappa shape index (κ3) is 4.22. The van der Waals surface area contributed by atoms with Gasteiger partial charge in [0.05, 0.1) is 12.0 Å². The average molecular weight is 179 g/mol. The highest BCUT2D eigenvalue weighted by atomic mass is 19.4. The molecule has 1 atom stereocenters. The summed E-state index contributed by atoms with van der Waals surface area (Å²) in [4.78, 5) is 0. The number of nitrogens with zero attached hydrogens (tertiary/aromatic N) is 1. The summed E-state index contributed by atoms with van der Waals surface area (Å²) in [6.07, 6.45) is -4.61. The van der Waals surface area contributed by atoms with E-state index in [0.717, 1.165) is 0 Å². The Balaban J connectivity index is 4.16. The summed E-state index contributed by atoms with van der Waals surface area (Å²) in [5.74, 6) is -1.48. The van der Waals surface area contributed by atoms with Gasteiger partial charge in [-0.15, -0.1) is 0 Å². The number of alkyl halides is 3. The van der Waals surface area contributed by atoms with Crippen LogP contribution in [-0.4, -0.2) is 6.18 Å². The number of nitriles is 1. The Hall–Kier alpha value is -0.720. The van der Waals surface area contributed by atoms with Crippen LogP contribution in [0, 0.1) is 23.2 Å². The van der Waals surface area contributed by atoms with Crippen LogP contribution in [0.5, 0.6) is 0 Å². The highest BCUT2D eigenvalue weighted by Crippen LogP contribution is 2.33. The second-order valence-electron chi connectivity index (χ2n) is 3.23. The smallest absolute Gasteiger partial charge is 0.198 e. The first-order chi connectivity index (χ1) is 5.38. The zero-order valence-electron chi connectivity index (χ0n) is 7.15. The summed E-state index contributed by atoms with van der Waals surface area (Å²) in [6, 6.07) is 1.56. The third-order valence-corrected chi connectivity index (χ3v) is 1.56. The first-order valence-corrected chi connectivity index (χ1v) is 3.81. The van der Waals surface area contributed by atoms with E-state index in [0.29, 0.717) is 0 Å². The minimum absolute atomic E-state index is 0.0232. The minimum Gasteiger partial charge on any atom is -0.198 e. The Morgan fingerprint density at radius 3 is 2.08 bits per heavy atom. The van der Waals surface area contributed by atoms with Crippen LogP contribution < -0.4 is 0 Å². The van der Waals surface area contributed by atoms with Crippen molar-refractivity contribution in [2.75, 3.05) is 0 Å². The zero-order valence-corrected chi connectivity index (χ0v) is 7.15. The molecule has 1 nitrogen and oxygen atoms in total. The molecule has 0 aromatic heterocycles. The zero-order chi connectivity index (χ0) is 9.78. The molecule has 0 heterocycles. The third-order valence-electron chi connectivity index (χ3n) is 1.56. The van der Waals surface area contributed by atoms with Gasteiger partial charge in [-0.2, -0.15) is 18.4 Å². The molecular formula is C8H12F3N. The second kappa shape index (κ2) is 4.34. The fourth-order valence-electron chi connectivity index (χ4n) is 1.01. The van der Waals surface area contributed by atoms with Crippen LogP contribution in [0.1, 0.15) is 26.7 Å². The van der Waals surface area contributed by atoms with Gasteiger partial charge < -0.3 is 0 Å². The van der Waals surface area contributed by atoms with Gasteiger partial charge in [0.15, 0.2) is 0 Å². The maximum atomic E-state index is 12.1. The molecule has 0 aliphatic heterocycles. The largest absolute Gasteiger partial charge is 0.392 e. The van der Waals surface area contributed by atoms with Crippen LogP contribution in [0.4, 0.5) is 13.2 Å². The van der Waals surface area contributed by atoms with E-state index in [1.54, 1.807) is 19.9 Å². The first-order valence-electron chi connectivity index (χ1n) is 3.81. The maximum Gasteiger partial charge on any atom is 0.392 e.